The molecule has 0 aliphatic carbocycles. The Morgan fingerprint density at radius 1 is 1.38 bits per heavy atom. The molecule has 2 amide bonds. The third kappa shape index (κ3) is 3.77. The number of carbonyl (C=O) groups is 1. The van der Waals surface area contributed by atoms with Crippen LogP contribution in [0.3, 0.4) is 0 Å². The second kappa shape index (κ2) is 6.20. The molecular formula is C15H17ClN2O3. The zero-order chi connectivity index (χ0) is 15.5. The summed E-state index contributed by atoms with van der Waals surface area (Å²) in [6, 6.07) is 8.24. The van der Waals surface area contributed by atoms with Gasteiger partial charge in [-0.2, -0.15) is 0 Å². The van der Waals surface area contributed by atoms with Gasteiger partial charge in [0.05, 0.1) is 23.5 Å². The molecule has 21 heavy (non-hydrogen) atoms. The number of para-hydroxylation sites is 1. The van der Waals surface area contributed by atoms with E-state index < -0.39 is 11.6 Å². The third-order valence-electron chi connectivity index (χ3n) is 3.11. The van der Waals surface area contributed by atoms with Gasteiger partial charge in [-0.3, -0.25) is 0 Å². The number of furan rings is 1. The van der Waals surface area contributed by atoms with E-state index in [0.29, 0.717) is 16.5 Å². The third-order valence-corrected chi connectivity index (χ3v) is 3.42. The maximum atomic E-state index is 11.9. The van der Waals surface area contributed by atoms with Crippen molar-refractivity contribution in [2.75, 3.05) is 11.9 Å². The van der Waals surface area contributed by atoms with Crippen molar-refractivity contribution in [3.8, 4) is 0 Å². The number of aliphatic hydroxyl groups is 1. The minimum atomic E-state index is -1.28. The van der Waals surface area contributed by atoms with Gasteiger partial charge < -0.3 is 20.2 Å². The first kappa shape index (κ1) is 15.4. The first-order chi connectivity index (χ1) is 9.90. The van der Waals surface area contributed by atoms with E-state index in [4.69, 9.17) is 16.0 Å². The van der Waals surface area contributed by atoms with Crippen LogP contribution in [0.4, 0.5) is 10.5 Å². The Morgan fingerprint density at radius 3 is 2.76 bits per heavy atom. The number of hydrogen-bond acceptors (Lipinski definition) is 3. The maximum absolute atomic E-state index is 11.9. The number of rotatable bonds is 4. The number of benzene rings is 1. The number of amides is 2. The van der Waals surface area contributed by atoms with Gasteiger partial charge in [-0.1, -0.05) is 23.7 Å². The number of anilines is 1. The molecule has 0 unspecified atom stereocenters. The van der Waals surface area contributed by atoms with Crippen LogP contribution in [0.5, 0.6) is 0 Å². The van der Waals surface area contributed by atoms with E-state index >= 15 is 0 Å². The van der Waals surface area contributed by atoms with Gasteiger partial charge >= 0.3 is 6.03 Å². The van der Waals surface area contributed by atoms with Crippen LogP contribution in [0.25, 0.3) is 0 Å². The molecule has 0 spiro atoms. The number of halogens is 1. The van der Waals surface area contributed by atoms with Crippen LogP contribution in [0, 0.1) is 6.92 Å². The Hall–Kier alpha value is -1.98. The van der Waals surface area contributed by atoms with Gasteiger partial charge in [-0.05, 0) is 37.6 Å². The molecule has 0 fully saturated rings. The molecule has 2 rings (SSSR count). The summed E-state index contributed by atoms with van der Waals surface area (Å²) in [6.07, 6.45) is 1.47. The lowest BCUT2D eigenvalue weighted by Crippen LogP contribution is -2.40. The second-order valence-corrected chi connectivity index (χ2v) is 5.40. The highest BCUT2D eigenvalue weighted by atomic mass is 35.5. The van der Waals surface area contributed by atoms with Crippen LogP contribution in [-0.2, 0) is 5.60 Å². The molecule has 1 aromatic carbocycles. The van der Waals surface area contributed by atoms with Crippen molar-refractivity contribution in [3.05, 3.63) is 52.9 Å². The first-order valence-electron chi connectivity index (χ1n) is 6.46. The highest BCUT2D eigenvalue weighted by molar-refractivity contribution is 6.33. The Kier molecular flexibility index (Phi) is 4.55. The smallest absolute Gasteiger partial charge is 0.319 e. The molecule has 0 saturated carbocycles. The molecule has 112 valence electrons. The standard InChI is InChI=1S/C15H17ClN2O3/c1-10-5-3-6-11(16)13(10)18-14(19)17-9-15(2,20)12-7-4-8-21-12/h3-8,20H,9H2,1-2H3,(H2,17,18,19)/t15-/m0/s1. The largest absolute Gasteiger partial charge is 0.466 e. The van der Waals surface area contributed by atoms with Gasteiger partial charge in [0, 0.05) is 0 Å². The highest BCUT2D eigenvalue weighted by Gasteiger charge is 2.26. The molecule has 1 atom stereocenters. The Morgan fingerprint density at radius 2 is 2.14 bits per heavy atom. The normalized spacial score (nSPS) is 13.5. The number of hydrogen-bond donors (Lipinski definition) is 3. The first-order valence-corrected chi connectivity index (χ1v) is 6.84. The Balaban J connectivity index is 1.97. The van der Waals surface area contributed by atoms with Crippen molar-refractivity contribution in [1.82, 2.24) is 5.32 Å². The van der Waals surface area contributed by atoms with Crippen molar-refractivity contribution in [2.24, 2.45) is 0 Å². The van der Waals surface area contributed by atoms with Crippen LogP contribution in [0.2, 0.25) is 5.02 Å². The summed E-state index contributed by atoms with van der Waals surface area (Å²) in [5, 5.41) is 16.0. The molecule has 1 heterocycles. The highest BCUT2D eigenvalue weighted by Crippen LogP contribution is 2.25. The van der Waals surface area contributed by atoms with E-state index in [9.17, 15) is 9.90 Å². The molecule has 2 aromatic rings. The zero-order valence-corrected chi connectivity index (χ0v) is 12.6. The summed E-state index contributed by atoms with van der Waals surface area (Å²) in [4.78, 5) is 11.9. The number of carbonyl (C=O) groups excluding carboxylic acids is 1. The quantitative estimate of drug-likeness (QED) is 0.811. The summed E-state index contributed by atoms with van der Waals surface area (Å²) >= 11 is 6.04. The fraction of sp³-hybridized carbons (Fsp3) is 0.267. The second-order valence-electron chi connectivity index (χ2n) is 4.99. The average Bonchev–Trinajstić information content (AvgIpc) is 2.96. The zero-order valence-electron chi connectivity index (χ0n) is 11.8. The predicted molar refractivity (Wildman–Crippen MR) is 81.5 cm³/mol. The minimum Gasteiger partial charge on any atom is -0.466 e. The number of aryl methyl sites for hydroxylation is 1. The van der Waals surface area contributed by atoms with Crippen molar-refractivity contribution in [1.29, 1.82) is 0 Å². The van der Waals surface area contributed by atoms with Crippen molar-refractivity contribution < 1.29 is 14.3 Å². The maximum Gasteiger partial charge on any atom is 0.319 e. The minimum absolute atomic E-state index is 0.00977. The summed E-state index contributed by atoms with van der Waals surface area (Å²) in [5.41, 5.74) is 0.126. The molecular weight excluding hydrogens is 292 g/mol. The topological polar surface area (TPSA) is 74.5 Å². The van der Waals surface area contributed by atoms with E-state index in [1.54, 1.807) is 25.1 Å². The fourth-order valence-corrected chi connectivity index (χ4v) is 2.14. The summed E-state index contributed by atoms with van der Waals surface area (Å²) in [7, 11) is 0. The molecule has 0 saturated heterocycles. The molecule has 5 nitrogen and oxygen atoms in total. The molecule has 1 aromatic heterocycles. The molecule has 6 heteroatoms. The van der Waals surface area contributed by atoms with Crippen LogP contribution in [0.1, 0.15) is 18.2 Å². The van der Waals surface area contributed by atoms with E-state index in [1.807, 2.05) is 19.1 Å². The summed E-state index contributed by atoms with van der Waals surface area (Å²) in [5.74, 6) is 0.386. The van der Waals surface area contributed by atoms with Crippen molar-refractivity contribution in [3.63, 3.8) is 0 Å². The van der Waals surface area contributed by atoms with Crippen LogP contribution in [-0.4, -0.2) is 17.7 Å². The molecule has 0 aliphatic rings. The van der Waals surface area contributed by atoms with Crippen molar-refractivity contribution >= 4 is 23.3 Å². The Labute approximate surface area is 127 Å². The Bertz CT molecular complexity index is 604. The lowest BCUT2D eigenvalue weighted by molar-refractivity contribution is 0.0372. The number of urea groups is 1. The molecule has 3 N–H and O–H groups in total. The monoisotopic (exact) mass is 308 g/mol. The van der Waals surface area contributed by atoms with Gasteiger partial charge in [0.15, 0.2) is 0 Å². The van der Waals surface area contributed by atoms with E-state index in [1.165, 1.54) is 6.26 Å². The van der Waals surface area contributed by atoms with Crippen LogP contribution >= 0.6 is 11.6 Å². The van der Waals surface area contributed by atoms with Gasteiger partial charge in [-0.25, -0.2) is 4.79 Å². The lowest BCUT2D eigenvalue weighted by atomic mass is 10.0. The summed E-state index contributed by atoms with van der Waals surface area (Å²) < 4.78 is 5.14. The van der Waals surface area contributed by atoms with E-state index in [0.717, 1.165) is 5.56 Å². The van der Waals surface area contributed by atoms with E-state index in [2.05, 4.69) is 10.6 Å². The van der Waals surface area contributed by atoms with E-state index in [-0.39, 0.29) is 6.54 Å². The lowest BCUT2D eigenvalue weighted by Gasteiger charge is -2.21. The predicted octanol–water partition coefficient (Wildman–Crippen LogP) is 3.27. The van der Waals surface area contributed by atoms with Gasteiger partial charge in [-0.15, -0.1) is 0 Å². The van der Waals surface area contributed by atoms with Gasteiger partial charge in [0.1, 0.15) is 11.4 Å². The SMILES string of the molecule is Cc1cccc(Cl)c1NC(=O)NC[C@](C)(O)c1ccco1. The van der Waals surface area contributed by atoms with Crippen LogP contribution in [0.15, 0.2) is 41.0 Å². The fourth-order valence-electron chi connectivity index (χ4n) is 1.87. The summed E-state index contributed by atoms with van der Waals surface area (Å²) in [6.45, 7) is 3.42. The van der Waals surface area contributed by atoms with Crippen molar-refractivity contribution in [2.45, 2.75) is 19.4 Å². The molecule has 0 radical (unpaired) electrons. The number of nitrogens with one attached hydrogen (secondary N) is 2. The average molecular weight is 309 g/mol. The molecule has 0 bridgehead atoms. The van der Waals surface area contributed by atoms with Gasteiger partial charge in [0.2, 0.25) is 0 Å². The van der Waals surface area contributed by atoms with Gasteiger partial charge in [0.25, 0.3) is 0 Å². The van der Waals surface area contributed by atoms with Crippen LogP contribution < -0.4 is 10.6 Å². The molecule has 0 aliphatic heterocycles.